The number of hydrogen-bond donors (Lipinski definition) is 0. The third-order valence-corrected chi connectivity index (χ3v) is 3.03. The molecule has 0 aromatic carbocycles. The summed E-state index contributed by atoms with van der Waals surface area (Å²) in [5.74, 6) is -2.53. The molecule has 4 heteroatoms. The first-order valence-corrected chi connectivity index (χ1v) is 5.21. The molecule has 2 atom stereocenters. The maximum absolute atomic E-state index is 13.1. The van der Waals surface area contributed by atoms with Gasteiger partial charge in [-0.1, -0.05) is 0 Å². The Bertz CT molecular complexity index is 218. The zero-order valence-corrected chi connectivity index (χ0v) is 8.67. The standard InChI is InChI=1S/C10H17F2NO/c1-7(14-8-3-4-8)9-5-10(11,12)6-13(9)2/h7-9H,3-6H2,1-2H3/t7-,9-/m0/s1. The fourth-order valence-electron chi connectivity index (χ4n) is 2.13. The summed E-state index contributed by atoms with van der Waals surface area (Å²) in [6, 6.07) is -0.120. The van der Waals surface area contributed by atoms with E-state index in [1.165, 1.54) is 0 Å². The third kappa shape index (κ3) is 2.23. The number of likely N-dealkylation sites (tertiary alicyclic amines) is 1. The molecule has 0 unspecified atom stereocenters. The second-order valence-electron chi connectivity index (χ2n) is 4.58. The molecule has 1 saturated heterocycles. The van der Waals surface area contributed by atoms with Gasteiger partial charge in [0.15, 0.2) is 0 Å². The molecule has 0 amide bonds. The van der Waals surface area contributed by atoms with Gasteiger partial charge >= 0.3 is 0 Å². The Labute approximate surface area is 83.2 Å². The molecule has 1 aliphatic heterocycles. The SMILES string of the molecule is C[C@H](OC1CC1)[C@@H]1CC(F)(F)CN1C. The van der Waals surface area contributed by atoms with Crippen LogP contribution in [0.15, 0.2) is 0 Å². The van der Waals surface area contributed by atoms with Crippen LogP contribution in [0.5, 0.6) is 0 Å². The van der Waals surface area contributed by atoms with E-state index in [2.05, 4.69) is 0 Å². The van der Waals surface area contributed by atoms with E-state index in [1.54, 1.807) is 11.9 Å². The molecule has 2 rings (SSSR count). The Hall–Kier alpha value is -0.220. The molecule has 82 valence electrons. The molecule has 0 radical (unpaired) electrons. The molecule has 2 nitrogen and oxygen atoms in total. The first-order valence-electron chi connectivity index (χ1n) is 5.21. The minimum Gasteiger partial charge on any atom is -0.374 e. The van der Waals surface area contributed by atoms with E-state index in [1.807, 2.05) is 6.92 Å². The number of nitrogens with zero attached hydrogens (tertiary/aromatic N) is 1. The molecular formula is C10H17F2NO. The van der Waals surface area contributed by atoms with Crippen molar-refractivity contribution < 1.29 is 13.5 Å². The first-order chi connectivity index (χ1) is 6.48. The minimum atomic E-state index is -2.53. The number of alkyl halides is 2. The highest BCUT2D eigenvalue weighted by Gasteiger charge is 2.46. The Balaban J connectivity index is 1.89. The van der Waals surface area contributed by atoms with Gasteiger partial charge in [-0.15, -0.1) is 0 Å². The highest BCUT2D eigenvalue weighted by Crippen LogP contribution is 2.35. The summed E-state index contributed by atoms with van der Waals surface area (Å²) in [7, 11) is 1.75. The van der Waals surface area contributed by atoms with Gasteiger partial charge in [-0.05, 0) is 26.8 Å². The average Bonchev–Trinajstić information content (AvgIpc) is 2.78. The van der Waals surface area contributed by atoms with Crippen LogP contribution < -0.4 is 0 Å². The summed E-state index contributed by atoms with van der Waals surface area (Å²) in [6.45, 7) is 1.77. The maximum atomic E-state index is 13.1. The van der Waals surface area contributed by atoms with Crippen molar-refractivity contribution in [3.8, 4) is 0 Å². The van der Waals surface area contributed by atoms with Crippen LogP contribution in [0.3, 0.4) is 0 Å². The van der Waals surface area contributed by atoms with Crippen LogP contribution in [0, 0.1) is 0 Å². The highest BCUT2D eigenvalue weighted by molar-refractivity contribution is 4.92. The first kappa shape index (κ1) is 10.3. The second kappa shape index (κ2) is 3.42. The maximum Gasteiger partial charge on any atom is 0.262 e. The van der Waals surface area contributed by atoms with Crippen LogP contribution in [0.2, 0.25) is 0 Å². The largest absolute Gasteiger partial charge is 0.374 e. The van der Waals surface area contributed by atoms with E-state index in [4.69, 9.17) is 4.74 Å². The van der Waals surface area contributed by atoms with Crippen molar-refractivity contribution >= 4 is 0 Å². The molecule has 0 N–H and O–H groups in total. The van der Waals surface area contributed by atoms with Crippen LogP contribution in [0.4, 0.5) is 8.78 Å². The fraction of sp³-hybridized carbons (Fsp3) is 1.00. The van der Waals surface area contributed by atoms with Gasteiger partial charge in [0.1, 0.15) is 0 Å². The van der Waals surface area contributed by atoms with Gasteiger partial charge in [0.25, 0.3) is 5.92 Å². The lowest BCUT2D eigenvalue weighted by Gasteiger charge is -2.25. The van der Waals surface area contributed by atoms with Crippen molar-refractivity contribution in [3.63, 3.8) is 0 Å². The molecule has 14 heavy (non-hydrogen) atoms. The van der Waals surface area contributed by atoms with Crippen molar-refractivity contribution in [1.82, 2.24) is 4.90 Å². The summed E-state index contributed by atoms with van der Waals surface area (Å²) in [5.41, 5.74) is 0. The Morgan fingerprint density at radius 1 is 1.43 bits per heavy atom. The van der Waals surface area contributed by atoms with Crippen LogP contribution in [0.1, 0.15) is 26.2 Å². The summed E-state index contributed by atoms with van der Waals surface area (Å²) >= 11 is 0. The van der Waals surface area contributed by atoms with Crippen LogP contribution >= 0.6 is 0 Å². The molecule has 1 heterocycles. The smallest absolute Gasteiger partial charge is 0.262 e. The quantitative estimate of drug-likeness (QED) is 0.697. The number of rotatable bonds is 3. The molecular weight excluding hydrogens is 188 g/mol. The van der Waals surface area contributed by atoms with E-state index >= 15 is 0 Å². The lowest BCUT2D eigenvalue weighted by molar-refractivity contribution is -0.00340. The number of ether oxygens (including phenoxy) is 1. The Morgan fingerprint density at radius 3 is 2.50 bits per heavy atom. The van der Waals surface area contributed by atoms with Crippen LogP contribution in [-0.2, 0) is 4.74 Å². The fourth-order valence-corrected chi connectivity index (χ4v) is 2.13. The zero-order valence-electron chi connectivity index (χ0n) is 8.67. The van der Waals surface area contributed by atoms with Gasteiger partial charge < -0.3 is 4.74 Å². The topological polar surface area (TPSA) is 12.5 Å². The number of hydrogen-bond acceptors (Lipinski definition) is 2. The molecule has 1 aliphatic carbocycles. The summed E-state index contributed by atoms with van der Waals surface area (Å²) in [4.78, 5) is 1.72. The van der Waals surface area contributed by atoms with Gasteiger partial charge in [0, 0.05) is 12.5 Å². The van der Waals surface area contributed by atoms with Gasteiger partial charge in [0.05, 0.1) is 18.8 Å². The highest BCUT2D eigenvalue weighted by atomic mass is 19.3. The lowest BCUT2D eigenvalue weighted by Crippen LogP contribution is -2.36. The summed E-state index contributed by atoms with van der Waals surface area (Å²) in [6.07, 6.45) is 2.40. The molecule has 0 spiro atoms. The van der Waals surface area contributed by atoms with Gasteiger partial charge in [-0.25, -0.2) is 8.78 Å². The van der Waals surface area contributed by atoms with Crippen molar-refractivity contribution in [1.29, 1.82) is 0 Å². The number of likely N-dealkylation sites (N-methyl/N-ethyl adjacent to an activating group) is 1. The Morgan fingerprint density at radius 2 is 2.07 bits per heavy atom. The van der Waals surface area contributed by atoms with Crippen molar-refractivity contribution in [2.45, 2.75) is 50.4 Å². The second-order valence-corrected chi connectivity index (χ2v) is 4.58. The van der Waals surface area contributed by atoms with Crippen LogP contribution in [-0.4, -0.2) is 42.7 Å². The van der Waals surface area contributed by atoms with E-state index < -0.39 is 5.92 Å². The Kier molecular flexibility index (Phi) is 2.52. The van der Waals surface area contributed by atoms with E-state index in [0.29, 0.717) is 6.10 Å². The predicted molar refractivity (Wildman–Crippen MR) is 49.6 cm³/mol. The normalized spacial score (nSPS) is 34.7. The summed E-state index contributed by atoms with van der Waals surface area (Å²) in [5, 5.41) is 0. The molecule has 0 bridgehead atoms. The molecule has 2 fully saturated rings. The van der Waals surface area contributed by atoms with Crippen molar-refractivity contribution in [2.75, 3.05) is 13.6 Å². The van der Waals surface area contributed by atoms with Gasteiger partial charge in [-0.2, -0.15) is 0 Å². The average molecular weight is 205 g/mol. The van der Waals surface area contributed by atoms with Crippen LogP contribution in [0.25, 0.3) is 0 Å². The van der Waals surface area contributed by atoms with E-state index in [-0.39, 0.29) is 25.1 Å². The van der Waals surface area contributed by atoms with E-state index in [0.717, 1.165) is 12.8 Å². The third-order valence-electron chi connectivity index (χ3n) is 3.03. The molecule has 2 aliphatic rings. The minimum absolute atomic E-state index is 0.0581. The monoisotopic (exact) mass is 205 g/mol. The molecule has 0 aromatic rings. The zero-order chi connectivity index (χ0) is 10.3. The van der Waals surface area contributed by atoms with Crippen molar-refractivity contribution in [3.05, 3.63) is 0 Å². The predicted octanol–water partition coefficient (Wildman–Crippen LogP) is 1.89. The van der Waals surface area contributed by atoms with E-state index in [9.17, 15) is 8.78 Å². The summed E-state index contributed by atoms with van der Waals surface area (Å²) < 4.78 is 31.8. The van der Waals surface area contributed by atoms with Gasteiger partial charge in [0.2, 0.25) is 0 Å². The van der Waals surface area contributed by atoms with Crippen molar-refractivity contribution in [2.24, 2.45) is 0 Å². The van der Waals surface area contributed by atoms with Gasteiger partial charge in [-0.3, -0.25) is 4.90 Å². The lowest BCUT2D eigenvalue weighted by atomic mass is 10.1. The molecule has 0 aromatic heterocycles. The molecule has 1 saturated carbocycles. The number of halogens is 2.